The SMILES string of the molecule is Cc1nc(N2CCCC(CNC3CC3)C2)ccc1Br. The Morgan fingerprint density at radius 3 is 2.95 bits per heavy atom. The van der Waals surface area contributed by atoms with Crippen molar-refractivity contribution in [2.75, 3.05) is 24.5 Å². The Bertz CT molecular complexity index is 445. The van der Waals surface area contributed by atoms with Gasteiger partial charge in [0.25, 0.3) is 0 Å². The van der Waals surface area contributed by atoms with Crippen LogP contribution in [0.2, 0.25) is 0 Å². The first kappa shape index (κ1) is 13.4. The van der Waals surface area contributed by atoms with Gasteiger partial charge in [-0.3, -0.25) is 0 Å². The smallest absolute Gasteiger partial charge is 0.128 e. The molecule has 2 heterocycles. The van der Waals surface area contributed by atoms with E-state index in [1.54, 1.807) is 0 Å². The Morgan fingerprint density at radius 1 is 1.37 bits per heavy atom. The van der Waals surface area contributed by atoms with E-state index in [0.29, 0.717) is 0 Å². The number of nitrogens with zero attached hydrogens (tertiary/aromatic N) is 2. The van der Waals surface area contributed by atoms with Crippen LogP contribution in [0.25, 0.3) is 0 Å². The zero-order valence-electron chi connectivity index (χ0n) is 11.5. The molecule has 3 nitrogen and oxygen atoms in total. The van der Waals surface area contributed by atoms with E-state index in [9.17, 15) is 0 Å². The number of nitrogens with one attached hydrogen (secondary N) is 1. The van der Waals surface area contributed by atoms with Crippen molar-refractivity contribution in [2.24, 2.45) is 5.92 Å². The van der Waals surface area contributed by atoms with Crippen molar-refractivity contribution in [3.05, 3.63) is 22.3 Å². The number of hydrogen-bond acceptors (Lipinski definition) is 3. The lowest BCUT2D eigenvalue weighted by Gasteiger charge is -2.34. The third-order valence-electron chi connectivity index (χ3n) is 4.12. The highest BCUT2D eigenvalue weighted by molar-refractivity contribution is 9.10. The molecule has 1 aliphatic carbocycles. The Hall–Kier alpha value is -0.610. The first-order valence-corrected chi connectivity index (χ1v) is 8.13. The molecular weight excluding hydrogens is 302 g/mol. The summed E-state index contributed by atoms with van der Waals surface area (Å²) in [7, 11) is 0. The number of rotatable bonds is 4. The summed E-state index contributed by atoms with van der Waals surface area (Å²) in [5.41, 5.74) is 1.08. The van der Waals surface area contributed by atoms with Gasteiger partial charge in [0.05, 0.1) is 5.69 Å². The monoisotopic (exact) mass is 323 g/mol. The number of hydrogen-bond donors (Lipinski definition) is 1. The third kappa shape index (κ3) is 3.48. The minimum absolute atomic E-state index is 0.778. The standard InChI is InChI=1S/C15H22BrN3/c1-11-14(16)6-7-15(18-11)19-8-2-3-12(10-19)9-17-13-4-5-13/h6-7,12-13,17H,2-5,8-10H2,1H3. The first-order valence-electron chi connectivity index (χ1n) is 7.34. The quantitative estimate of drug-likeness (QED) is 0.922. The predicted molar refractivity (Wildman–Crippen MR) is 82.6 cm³/mol. The van der Waals surface area contributed by atoms with Crippen LogP contribution in [0.4, 0.5) is 5.82 Å². The maximum atomic E-state index is 4.70. The summed E-state index contributed by atoms with van der Waals surface area (Å²) in [6.07, 6.45) is 5.40. The summed E-state index contributed by atoms with van der Waals surface area (Å²) in [5, 5.41) is 3.66. The highest BCUT2D eigenvalue weighted by Crippen LogP contribution is 2.25. The fraction of sp³-hybridized carbons (Fsp3) is 0.667. The molecule has 1 aromatic heterocycles. The average molecular weight is 324 g/mol. The minimum atomic E-state index is 0.778. The second-order valence-electron chi connectivity index (χ2n) is 5.87. The number of aromatic nitrogens is 1. The van der Waals surface area contributed by atoms with Crippen LogP contribution in [0, 0.1) is 12.8 Å². The van der Waals surface area contributed by atoms with Gasteiger partial charge in [-0.05, 0) is 73.1 Å². The van der Waals surface area contributed by atoms with Gasteiger partial charge in [0, 0.05) is 23.6 Å². The second-order valence-corrected chi connectivity index (χ2v) is 6.73. The van der Waals surface area contributed by atoms with Crippen LogP contribution < -0.4 is 10.2 Å². The van der Waals surface area contributed by atoms with Crippen LogP contribution in [0.1, 0.15) is 31.4 Å². The number of pyridine rings is 1. The summed E-state index contributed by atoms with van der Waals surface area (Å²) in [6, 6.07) is 5.07. The van der Waals surface area contributed by atoms with Gasteiger partial charge in [-0.25, -0.2) is 4.98 Å². The van der Waals surface area contributed by atoms with Crippen LogP contribution in [0.5, 0.6) is 0 Å². The molecule has 1 saturated carbocycles. The molecule has 2 fully saturated rings. The van der Waals surface area contributed by atoms with Gasteiger partial charge in [-0.15, -0.1) is 0 Å². The minimum Gasteiger partial charge on any atom is -0.356 e. The third-order valence-corrected chi connectivity index (χ3v) is 4.96. The first-order chi connectivity index (χ1) is 9.22. The van der Waals surface area contributed by atoms with Crippen LogP contribution in [-0.2, 0) is 0 Å². The van der Waals surface area contributed by atoms with E-state index in [0.717, 1.165) is 41.0 Å². The Morgan fingerprint density at radius 2 is 2.21 bits per heavy atom. The fourth-order valence-electron chi connectivity index (χ4n) is 2.77. The normalized spacial score (nSPS) is 23.7. The van der Waals surface area contributed by atoms with E-state index in [1.807, 2.05) is 0 Å². The van der Waals surface area contributed by atoms with Crippen molar-refractivity contribution in [1.29, 1.82) is 0 Å². The molecule has 0 radical (unpaired) electrons. The highest BCUT2D eigenvalue weighted by atomic mass is 79.9. The van der Waals surface area contributed by atoms with Crippen LogP contribution in [-0.4, -0.2) is 30.7 Å². The molecule has 104 valence electrons. The van der Waals surface area contributed by atoms with Crippen LogP contribution in [0.15, 0.2) is 16.6 Å². The lowest BCUT2D eigenvalue weighted by molar-refractivity contribution is 0.389. The number of piperidine rings is 1. The zero-order chi connectivity index (χ0) is 13.2. The van der Waals surface area contributed by atoms with Gasteiger partial charge in [0.1, 0.15) is 5.82 Å². The molecule has 0 aromatic carbocycles. The molecule has 1 atom stereocenters. The van der Waals surface area contributed by atoms with Gasteiger partial charge in [-0.2, -0.15) is 0 Å². The van der Waals surface area contributed by atoms with Crippen molar-refractivity contribution in [3.63, 3.8) is 0 Å². The number of aryl methyl sites for hydroxylation is 1. The maximum Gasteiger partial charge on any atom is 0.128 e. The largest absolute Gasteiger partial charge is 0.356 e. The van der Waals surface area contributed by atoms with Gasteiger partial charge < -0.3 is 10.2 Å². The molecule has 0 amide bonds. The Balaban J connectivity index is 1.61. The van der Waals surface area contributed by atoms with Crippen LogP contribution in [0.3, 0.4) is 0 Å². The lowest BCUT2D eigenvalue weighted by Crippen LogP contribution is -2.40. The van der Waals surface area contributed by atoms with Crippen LogP contribution >= 0.6 is 15.9 Å². The van der Waals surface area contributed by atoms with Gasteiger partial charge >= 0.3 is 0 Å². The van der Waals surface area contributed by atoms with Crippen molar-refractivity contribution >= 4 is 21.7 Å². The van der Waals surface area contributed by atoms with Crippen molar-refractivity contribution in [2.45, 2.75) is 38.6 Å². The van der Waals surface area contributed by atoms with E-state index in [1.165, 1.54) is 32.2 Å². The van der Waals surface area contributed by atoms with Gasteiger partial charge in [-0.1, -0.05) is 0 Å². The number of anilines is 1. The molecule has 4 heteroatoms. The molecule has 1 aromatic rings. The van der Waals surface area contributed by atoms with E-state index < -0.39 is 0 Å². The Kier molecular flexibility index (Phi) is 4.08. The van der Waals surface area contributed by atoms with E-state index in [4.69, 9.17) is 4.98 Å². The summed E-state index contributed by atoms with van der Waals surface area (Å²) < 4.78 is 1.10. The topological polar surface area (TPSA) is 28.2 Å². The molecule has 19 heavy (non-hydrogen) atoms. The molecule has 1 N–H and O–H groups in total. The molecule has 1 aliphatic heterocycles. The summed E-state index contributed by atoms with van der Waals surface area (Å²) in [4.78, 5) is 7.14. The van der Waals surface area contributed by atoms with Gasteiger partial charge in [0.15, 0.2) is 0 Å². The Labute approximate surface area is 123 Å². The highest BCUT2D eigenvalue weighted by Gasteiger charge is 2.25. The lowest BCUT2D eigenvalue weighted by atomic mass is 9.98. The summed E-state index contributed by atoms with van der Waals surface area (Å²) in [5.74, 6) is 1.91. The molecule has 0 bridgehead atoms. The zero-order valence-corrected chi connectivity index (χ0v) is 13.1. The maximum absolute atomic E-state index is 4.70. The van der Waals surface area contributed by atoms with Gasteiger partial charge in [0.2, 0.25) is 0 Å². The molecule has 1 saturated heterocycles. The molecular formula is C15H22BrN3. The summed E-state index contributed by atoms with van der Waals surface area (Å²) in [6.45, 7) is 5.53. The number of halogens is 1. The predicted octanol–water partition coefficient (Wildman–Crippen LogP) is 3.12. The molecule has 2 aliphatic rings. The molecule has 0 spiro atoms. The van der Waals surface area contributed by atoms with Crippen molar-refractivity contribution < 1.29 is 0 Å². The van der Waals surface area contributed by atoms with Crippen molar-refractivity contribution in [3.8, 4) is 0 Å². The van der Waals surface area contributed by atoms with E-state index in [-0.39, 0.29) is 0 Å². The average Bonchev–Trinajstić information content (AvgIpc) is 3.24. The molecule has 3 rings (SSSR count). The second kappa shape index (κ2) is 5.80. The van der Waals surface area contributed by atoms with E-state index in [2.05, 4.69) is 45.2 Å². The summed E-state index contributed by atoms with van der Waals surface area (Å²) >= 11 is 3.52. The van der Waals surface area contributed by atoms with Crippen molar-refractivity contribution in [1.82, 2.24) is 10.3 Å². The van der Waals surface area contributed by atoms with E-state index >= 15 is 0 Å². The molecule has 1 unspecified atom stereocenters. The fourth-order valence-corrected chi connectivity index (χ4v) is 2.99.